The average molecular weight is 592 g/mol. The third kappa shape index (κ3) is 6.28. The van der Waals surface area contributed by atoms with Crippen LogP contribution < -0.4 is 20.7 Å². The number of anilines is 2. The van der Waals surface area contributed by atoms with Gasteiger partial charge in [0.2, 0.25) is 0 Å². The molecule has 0 saturated heterocycles. The van der Waals surface area contributed by atoms with E-state index in [4.69, 9.17) is 4.74 Å². The smallest absolute Gasteiger partial charge is 0.256 e. The molecule has 0 aliphatic carbocycles. The largest absolute Gasteiger partial charge is 0.496 e. The molecule has 4 aromatic rings. The van der Waals surface area contributed by atoms with Gasteiger partial charge in [0.05, 0.1) is 18.2 Å². The summed E-state index contributed by atoms with van der Waals surface area (Å²) in [6.07, 6.45) is 1.76. The summed E-state index contributed by atoms with van der Waals surface area (Å²) in [6.45, 7) is 9.09. The van der Waals surface area contributed by atoms with Crippen molar-refractivity contribution in [3.05, 3.63) is 101 Å². The van der Waals surface area contributed by atoms with Gasteiger partial charge in [0.1, 0.15) is 5.75 Å². The highest BCUT2D eigenvalue weighted by molar-refractivity contribution is 6.35. The van der Waals surface area contributed by atoms with Crippen molar-refractivity contribution in [3.8, 4) is 16.9 Å². The van der Waals surface area contributed by atoms with Gasteiger partial charge in [-0.1, -0.05) is 50.2 Å². The monoisotopic (exact) mass is 591 g/mol. The number of hydrogen-bond donors (Lipinski definition) is 4. The molecular formula is C35H37N5O4. The number of nitrogens with zero attached hydrogens (tertiary/aromatic N) is 1. The first-order chi connectivity index (χ1) is 21.3. The molecule has 3 aromatic carbocycles. The zero-order chi connectivity index (χ0) is 31.2. The van der Waals surface area contributed by atoms with Gasteiger partial charge in [-0.2, -0.15) is 0 Å². The Morgan fingerprint density at radius 2 is 1.66 bits per heavy atom. The van der Waals surface area contributed by atoms with E-state index in [0.717, 1.165) is 25.2 Å². The van der Waals surface area contributed by atoms with Gasteiger partial charge in [0.15, 0.2) is 0 Å². The van der Waals surface area contributed by atoms with Crippen molar-refractivity contribution in [2.45, 2.75) is 20.8 Å². The minimum Gasteiger partial charge on any atom is -0.496 e. The number of aromatic nitrogens is 1. The minimum atomic E-state index is -0.282. The first-order valence-corrected chi connectivity index (χ1v) is 14.7. The van der Waals surface area contributed by atoms with E-state index in [9.17, 15) is 14.4 Å². The summed E-state index contributed by atoms with van der Waals surface area (Å²) in [5.74, 6) is -0.136. The first-order valence-electron chi connectivity index (χ1n) is 14.7. The van der Waals surface area contributed by atoms with E-state index in [0.29, 0.717) is 62.9 Å². The fraction of sp³-hybridized carbons (Fsp3) is 0.229. The summed E-state index contributed by atoms with van der Waals surface area (Å²) < 4.78 is 5.68. The van der Waals surface area contributed by atoms with Crippen LogP contribution in [0.1, 0.15) is 51.5 Å². The van der Waals surface area contributed by atoms with Crippen LogP contribution in [0.3, 0.4) is 0 Å². The number of rotatable bonds is 11. The molecule has 1 aromatic heterocycles. The van der Waals surface area contributed by atoms with Crippen LogP contribution in [0.25, 0.3) is 22.8 Å². The van der Waals surface area contributed by atoms with Crippen LogP contribution in [0.2, 0.25) is 0 Å². The summed E-state index contributed by atoms with van der Waals surface area (Å²) >= 11 is 0. The number of likely N-dealkylation sites (N-methyl/N-ethyl adjacent to an activating group) is 1. The van der Waals surface area contributed by atoms with Crippen LogP contribution in [0.4, 0.5) is 11.4 Å². The maximum atomic E-state index is 13.7. The van der Waals surface area contributed by atoms with Crippen molar-refractivity contribution in [1.82, 2.24) is 15.2 Å². The van der Waals surface area contributed by atoms with Gasteiger partial charge in [-0.3, -0.25) is 14.4 Å². The lowest BCUT2D eigenvalue weighted by Gasteiger charge is -2.18. The van der Waals surface area contributed by atoms with Gasteiger partial charge < -0.3 is 30.6 Å². The molecule has 226 valence electrons. The normalized spacial score (nSPS) is 13.1. The second-order valence-electron chi connectivity index (χ2n) is 10.5. The molecule has 1 aliphatic heterocycles. The Hall–Kier alpha value is -5.15. The second-order valence-corrected chi connectivity index (χ2v) is 10.5. The standard InChI is InChI=1S/C35H37N5O4/c1-5-40(6-2)19-18-36-35(43)31-22(3)37-29(32(31)25-14-10-11-15-30(25)44-4)21-27-26-20-24(16-17-28(26)39-34(27)42)38-33(41)23-12-8-7-9-13-23/h7-17,20-21,37H,5-6,18-19H2,1-4H3,(H,36,43)(H,38,41)(H,39,42)/b27-21-. The number of amides is 3. The van der Waals surface area contributed by atoms with Crippen LogP contribution in [-0.2, 0) is 4.79 Å². The molecule has 0 spiro atoms. The Kier molecular flexibility index (Phi) is 9.26. The summed E-state index contributed by atoms with van der Waals surface area (Å²) in [6, 6.07) is 21.7. The van der Waals surface area contributed by atoms with Crippen LogP contribution in [0.15, 0.2) is 72.8 Å². The molecule has 0 fully saturated rings. The van der Waals surface area contributed by atoms with Crippen LogP contribution in [0.5, 0.6) is 5.75 Å². The number of hydrogen-bond acceptors (Lipinski definition) is 5. The van der Waals surface area contributed by atoms with E-state index in [1.54, 1.807) is 55.7 Å². The summed E-state index contributed by atoms with van der Waals surface area (Å²) in [5.41, 5.74) is 5.89. The fourth-order valence-corrected chi connectivity index (χ4v) is 5.47. The molecule has 0 atom stereocenters. The highest BCUT2D eigenvalue weighted by Crippen LogP contribution is 2.40. The molecule has 9 nitrogen and oxygen atoms in total. The van der Waals surface area contributed by atoms with Gasteiger partial charge >= 0.3 is 0 Å². The number of fused-ring (bicyclic) bond motifs is 1. The van der Waals surface area contributed by atoms with Crippen molar-refractivity contribution in [3.63, 3.8) is 0 Å². The molecule has 9 heteroatoms. The number of methoxy groups -OCH3 is 1. The minimum absolute atomic E-state index is 0.210. The lowest BCUT2D eigenvalue weighted by atomic mass is 9.96. The third-order valence-electron chi connectivity index (χ3n) is 7.81. The van der Waals surface area contributed by atoms with Gasteiger partial charge in [0, 0.05) is 58.1 Å². The molecule has 2 heterocycles. The predicted molar refractivity (Wildman–Crippen MR) is 175 cm³/mol. The lowest BCUT2D eigenvalue weighted by Crippen LogP contribution is -2.35. The third-order valence-corrected chi connectivity index (χ3v) is 7.81. The number of benzene rings is 3. The van der Waals surface area contributed by atoms with Crippen molar-refractivity contribution in [2.24, 2.45) is 0 Å². The zero-order valence-electron chi connectivity index (χ0n) is 25.4. The second kappa shape index (κ2) is 13.4. The van der Waals surface area contributed by atoms with E-state index in [1.165, 1.54) is 0 Å². The van der Waals surface area contributed by atoms with E-state index >= 15 is 0 Å². The Morgan fingerprint density at radius 1 is 0.932 bits per heavy atom. The van der Waals surface area contributed by atoms with Gasteiger partial charge in [-0.25, -0.2) is 0 Å². The Bertz CT molecular complexity index is 1720. The van der Waals surface area contributed by atoms with Crippen LogP contribution in [-0.4, -0.2) is 60.9 Å². The number of para-hydroxylation sites is 1. The van der Waals surface area contributed by atoms with Gasteiger partial charge in [-0.05, 0) is 62.5 Å². The number of ether oxygens (including phenoxy) is 1. The average Bonchev–Trinajstić information content (AvgIpc) is 3.54. The number of carbonyl (C=O) groups is 3. The SMILES string of the molecule is CCN(CC)CCNC(=O)c1c(C)[nH]c(/C=C2\C(=O)Nc3ccc(NC(=O)c4ccccc4)cc32)c1-c1ccccc1OC. The van der Waals surface area contributed by atoms with E-state index in [2.05, 4.69) is 39.7 Å². The van der Waals surface area contributed by atoms with Crippen molar-refractivity contribution in [1.29, 1.82) is 0 Å². The van der Waals surface area contributed by atoms with Crippen LogP contribution >= 0.6 is 0 Å². The van der Waals surface area contributed by atoms with E-state index in [-0.39, 0.29) is 17.7 Å². The van der Waals surface area contributed by atoms with Crippen molar-refractivity contribution in [2.75, 3.05) is 43.9 Å². The maximum Gasteiger partial charge on any atom is 0.256 e. The molecule has 0 radical (unpaired) electrons. The van der Waals surface area contributed by atoms with Crippen molar-refractivity contribution >= 4 is 40.7 Å². The molecule has 5 rings (SSSR count). The molecule has 3 amide bonds. The molecule has 4 N–H and O–H groups in total. The Balaban J connectivity index is 1.54. The molecular weight excluding hydrogens is 554 g/mol. The lowest BCUT2D eigenvalue weighted by molar-refractivity contribution is -0.110. The Morgan fingerprint density at radius 3 is 2.39 bits per heavy atom. The molecule has 0 bridgehead atoms. The summed E-state index contributed by atoms with van der Waals surface area (Å²) in [5, 5.41) is 8.91. The topological polar surface area (TPSA) is 116 Å². The van der Waals surface area contributed by atoms with E-state index < -0.39 is 0 Å². The predicted octanol–water partition coefficient (Wildman–Crippen LogP) is 5.82. The van der Waals surface area contributed by atoms with Gasteiger partial charge in [0.25, 0.3) is 17.7 Å². The molecule has 0 saturated carbocycles. The van der Waals surface area contributed by atoms with Crippen LogP contribution in [0, 0.1) is 6.92 Å². The number of aryl methyl sites for hydroxylation is 1. The highest BCUT2D eigenvalue weighted by atomic mass is 16.5. The maximum absolute atomic E-state index is 13.7. The fourth-order valence-electron chi connectivity index (χ4n) is 5.47. The number of nitrogens with one attached hydrogen (secondary N) is 4. The quantitative estimate of drug-likeness (QED) is 0.164. The van der Waals surface area contributed by atoms with Crippen molar-refractivity contribution < 1.29 is 19.1 Å². The summed E-state index contributed by atoms with van der Waals surface area (Å²) in [4.78, 5) is 45.3. The summed E-state index contributed by atoms with van der Waals surface area (Å²) in [7, 11) is 1.59. The highest BCUT2D eigenvalue weighted by Gasteiger charge is 2.28. The Labute approximate surface area is 257 Å². The number of H-pyrrole nitrogens is 1. The molecule has 0 unspecified atom stereocenters. The van der Waals surface area contributed by atoms with Gasteiger partial charge in [-0.15, -0.1) is 0 Å². The molecule has 1 aliphatic rings. The zero-order valence-corrected chi connectivity index (χ0v) is 25.4. The molecule has 44 heavy (non-hydrogen) atoms. The first kappa shape index (κ1) is 30.3. The number of aromatic amines is 1. The number of carbonyl (C=O) groups excluding carboxylic acids is 3. The van der Waals surface area contributed by atoms with E-state index in [1.807, 2.05) is 37.3 Å².